The molecule has 0 aromatic carbocycles. The van der Waals surface area contributed by atoms with Crippen molar-refractivity contribution in [3.63, 3.8) is 0 Å². The second kappa shape index (κ2) is 7.23. The number of aldehydes is 1. The lowest BCUT2D eigenvalue weighted by Gasteiger charge is -2.16. The van der Waals surface area contributed by atoms with Gasteiger partial charge in [0, 0.05) is 6.92 Å². The highest BCUT2D eigenvalue weighted by Gasteiger charge is 1.99. The first-order valence-corrected chi connectivity index (χ1v) is 3.79. The van der Waals surface area contributed by atoms with E-state index in [-0.39, 0.29) is 25.8 Å². The first-order chi connectivity index (χ1) is 6.20. The second-order valence-electron chi connectivity index (χ2n) is 2.36. The summed E-state index contributed by atoms with van der Waals surface area (Å²) in [5.74, 6) is -0.206. The minimum atomic E-state index is -0.206. The summed E-state index contributed by atoms with van der Waals surface area (Å²) >= 11 is 0. The predicted molar refractivity (Wildman–Crippen MR) is 45.5 cm³/mol. The van der Waals surface area contributed by atoms with Crippen molar-refractivity contribution in [2.45, 2.75) is 6.92 Å². The van der Waals surface area contributed by atoms with Crippen molar-refractivity contribution in [1.29, 1.82) is 0 Å². The topological polar surface area (TPSA) is 78.5 Å². The fraction of sp³-hybridized carbons (Fsp3) is 0.571. The summed E-state index contributed by atoms with van der Waals surface area (Å²) in [7, 11) is 0. The van der Waals surface area contributed by atoms with Crippen molar-refractivity contribution in [2.75, 3.05) is 19.9 Å². The molecule has 0 rings (SSSR count). The molecule has 0 radical (unpaired) electrons. The van der Waals surface area contributed by atoms with Gasteiger partial charge in [-0.3, -0.25) is 14.9 Å². The van der Waals surface area contributed by atoms with Crippen LogP contribution >= 0.6 is 0 Å². The van der Waals surface area contributed by atoms with Crippen LogP contribution in [0.15, 0.2) is 0 Å². The number of hydrogen-bond donors (Lipinski definition) is 2. The van der Waals surface area contributed by atoms with Crippen LogP contribution in [0.4, 0.5) is 0 Å². The van der Waals surface area contributed by atoms with Crippen molar-refractivity contribution in [3.8, 4) is 0 Å². The summed E-state index contributed by atoms with van der Waals surface area (Å²) < 4.78 is 0. The van der Waals surface area contributed by atoms with Gasteiger partial charge in [0.15, 0.2) is 0 Å². The van der Waals surface area contributed by atoms with Crippen LogP contribution in [0.2, 0.25) is 0 Å². The summed E-state index contributed by atoms with van der Waals surface area (Å²) in [6, 6.07) is 0. The van der Waals surface area contributed by atoms with Gasteiger partial charge in [-0.05, 0) is 0 Å². The number of carbonyl (C=O) groups is 3. The van der Waals surface area contributed by atoms with E-state index in [0.717, 1.165) is 0 Å². The van der Waals surface area contributed by atoms with E-state index >= 15 is 0 Å². The van der Waals surface area contributed by atoms with E-state index in [9.17, 15) is 14.4 Å². The Morgan fingerprint density at radius 3 is 2.54 bits per heavy atom. The summed E-state index contributed by atoms with van der Waals surface area (Å²) in [6.45, 7) is 1.93. The average Bonchev–Trinajstić information content (AvgIpc) is 2.10. The van der Waals surface area contributed by atoms with Gasteiger partial charge in [-0.15, -0.1) is 0 Å². The summed E-state index contributed by atoms with van der Waals surface area (Å²) in [6.07, 6.45) is 1.29. The molecule has 6 nitrogen and oxygen atoms in total. The highest BCUT2D eigenvalue weighted by atomic mass is 16.2. The molecule has 0 saturated heterocycles. The highest BCUT2D eigenvalue weighted by molar-refractivity contribution is 5.72. The largest absolute Gasteiger partial charge is 0.339 e. The minimum Gasteiger partial charge on any atom is -0.339 e. The third-order valence-electron chi connectivity index (χ3n) is 1.22. The first-order valence-electron chi connectivity index (χ1n) is 3.79. The standard InChI is InChI=1S/C7H13N3O3/c1-7(13)9-5-10(6-12)4-8-2-3-11/h3,6,8H,2,4-5H2,1H3,(H,9,13). The molecule has 0 aromatic heterocycles. The molecule has 74 valence electrons. The van der Waals surface area contributed by atoms with E-state index in [1.165, 1.54) is 11.8 Å². The Bertz CT molecular complexity index is 184. The monoisotopic (exact) mass is 187 g/mol. The molecular weight excluding hydrogens is 174 g/mol. The van der Waals surface area contributed by atoms with Crippen molar-refractivity contribution < 1.29 is 14.4 Å². The van der Waals surface area contributed by atoms with Crippen LogP contribution in [0, 0.1) is 0 Å². The van der Waals surface area contributed by atoms with Crippen molar-refractivity contribution in [2.24, 2.45) is 0 Å². The fourth-order valence-corrected chi connectivity index (χ4v) is 0.610. The molecule has 0 saturated carbocycles. The number of amides is 2. The molecule has 0 aliphatic heterocycles. The zero-order valence-electron chi connectivity index (χ0n) is 7.45. The molecule has 0 fully saturated rings. The minimum absolute atomic E-state index is 0.144. The third-order valence-corrected chi connectivity index (χ3v) is 1.22. The van der Waals surface area contributed by atoms with Crippen LogP contribution in [-0.2, 0) is 14.4 Å². The zero-order chi connectivity index (χ0) is 10.1. The van der Waals surface area contributed by atoms with E-state index in [4.69, 9.17) is 0 Å². The molecule has 0 unspecified atom stereocenters. The maximum absolute atomic E-state index is 10.5. The molecule has 0 aliphatic rings. The van der Waals surface area contributed by atoms with Gasteiger partial charge in [0.25, 0.3) is 0 Å². The Hall–Kier alpha value is -1.43. The SMILES string of the molecule is CC(=O)NCN(C=O)CNCC=O. The molecule has 0 heterocycles. The zero-order valence-corrected chi connectivity index (χ0v) is 7.45. The molecule has 0 atom stereocenters. The molecule has 0 spiro atoms. The van der Waals surface area contributed by atoms with Crippen molar-refractivity contribution in [3.05, 3.63) is 0 Å². The highest BCUT2D eigenvalue weighted by Crippen LogP contribution is 1.75. The summed E-state index contributed by atoms with van der Waals surface area (Å²) in [5, 5.41) is 5.14. The Labute approximate surface area is 76.3 Å². The van der Waals surface area contributed by atoms with Gasteiger partial charge in [0.2, 0.25) is 12.3 Å². The number of hydrogen-bond acceptors (Lipinski definition) is 4. The molecule has 0 aromatic rings. The molecule has 2 amide bonds. The molecule has 0 bridgehead atoms. The molecule has 13 heavy (non-hydrogen) atoms. The maximum atomic E-state index is 10.5. The lowest BCUT2D eigenvalue weighted by molar-refractivity contribution is -0.122. The summed E-state index contributed by atoms with van der Waals surface area (Å²) in [4.78, 5) is 32.0. The van der Waals surface area contributed by atoms with Gasteiger partial charge >= 0.3 is 0 Å². The second-order valence-corrected chi connectivity index (χ2v) is 2.36. The Morgan fingerprint density at radius 2 is 2.08 bits per heavy atom. The Balaban J connectivity index is 3.56. The van der Waals surface area contributed by atoms with Crippen LogP contribution in [0.5, 0.6) is 0 Å². The number of nitrogens with one attached hydrogen (secondary N) is 2. The average molecular weight is 187 g/mol. The molecule has 0 aliphatic carbocycles. The Morgan fingerprint density at radius 1 is 1.38 bits per heavy atom. The first kappa shape index (κ1) is 11.6. The van der Waals surface area contributed by atoms with Crippen molar-refractivity contribution in [1.82, 2.24) is 15.5 Å². The Kier molecular flexibility index (Phi) is 6.44. The van der Waals surface area contributed by atoms with E-state index < -0.39 is 0 Å². The van der Waals surface area contributed by atoms with Gasteiger partial charge in [0.05, 0.1) is 19.9 Å². The molecule has 6 heteroatoms. The number of rotatable bonds is 7. The fourth-order valence-electron chi connectivity index (χ4n) is 0.610. The third kappa shape index (κ3) is 6.95. The summed E-state index contributed by atoms with van der Waals surface area (Å²) in [5.41, 5.74) is 0. The number of carbonyl (C=O) groups excluding carboxylic acids is 3. The van der Waals surface area contributed by atoms with E-state index in [1.807, 2.05) is 0 Å². The normalized spacial score (nSPS) is 9.00. The predicted octanol–water partition coefficient (Wildman–Crippen LogP) is -1.72. The van der Waals surface area contributed by atoms with Crippen LogP contribution in [0.3, 0.4) is 0 Å². The smallest absolute Gasteiger partial charge is 0.218 e. The molecular formula is C7H13N3O3. The van der Waals surface area contributed by atoms with E-state index in [1.54, 1.807) is 0 Å². The van der Waals surface area contributed by atoms with Crippen LogP contribution in [0.25, 0.3) is 0 Å². The van der Waals surface area contributed by atoms with Crippen LogP contribution in [0.1, 0.15) is 6.92 Å². The lowest BCUT2D eigenvalue weighted by Crippen LogP contribution is -2.41. The quantitative estimate of drug-likeness (QED) is 0.282. The van der Waals surface area contributed by atoms with Gasteiger partial charge < -0.3 is 15.0 Å². The van der Waals surface area contributed by atoms with E-state index in [2.05, 4.69) is 10.6 Å². The van der Waals surface area contributed by atoms with Crippen LogP contribution in [-0.4, -0.2) is 43.4 Å². The maximum Gasteiger partial charge on any atom is 0.218 e. The lowest BCUT2D eigenvalue weighted by atomic mass is 10.6. The van der Waals surface area contributed by atoms with Gasteiger partial charge in [0.1, 0.15) is 6.29 Å². The van der Waals surface area contributed by atoms with Crippen LogP contribution < -0.4 is 10.6 Å². The van der Waals surface area contributed by atoms with E-state index in [0.29, 0.717) is 12.7 Å². The van der Waals surface area contributed by atoms with Crippen molar-refractivity contribution >= 4 is 18.6 Å². The van der Waals surface area contributed by atoms with Gasteiger partial charge in [-0.25, -0.2) is 0 Å². The van der Waals surface area contributed by atoms with Gasteiger partial charge in [-0.1, -0.05) is 0 Å². The number of nitrogens with zero attached hydrogens (tertiary/aromatic N) is 1. The molecule has 2 N–H and O–H groups in total. The van der Waals surface area contributed by atoms with Gasteiger partial charge in [-0.2, -0.15) is 0 Å².